The van der Waals surface area contributed by atoms with Crippen LogP contribution in [-0.4, -0.2) is 37.1 Å². The molecule has 2 aliphatic carbocycles. The molecular formula is C16H30N2. The molecule has 0 atom stereocenters. The molecule has 3 aliphatic rings. The molecule has 3 fully saturated rings. The van der Waals surface area contributed by atoms with Crippen LogP contribution in [0.15, 0.2) is 0 Å². The minimum Gasteiger partial charge on any atom is -0.313 e. The predicted octanol–water partition coefficient (Wildman–Crippen LogP) is 3.17. The maximum atomic E-state index is 3.82. The summed E-state index contributed by atoms with van der Waals surface area (Å²) in [5.41, 5.74) is 0.632. The van der Waals surface area contributed by atoms with Gasteiger partial charge in [0.05, 0.1) is 0 Å². The van der Waals surface area contributed by atoms with E-state index in [0.717, 1.165) is 6.04 Å². The molecular weight excluding hydrogens is 220 g/mol. The number of rotatable bonds is 5. The van der Waals surface area contributed by atoms with Crippen molar-refractivity contribution in [3.8, 4) is 0 Å². The van der Waals surface area contributed by atoms with Gasteiger partial charge in [-0.3, -0.25) is 0 Å². The van der Waals surface area contributed by atoms with E-state index in [1.165, 1.54) is 90.4 Å². The average Bonchev–Trinajstić information content (AvgIpc) is 3.14. The van der Waals surface area contributed by atoms with Gasteiger partial charge in [-0.25, -0.2) is 0 Å². The first-order valence-electron chi connectivity index (χ1n) is 8.32. The molecule has 0 radical (unpaired) electrons. The summed E-state index contributed by atoms with van der Waals surface area (Å²) in [4.78, 5) is 2.78. The van der Waals surface area contributed by atoms with Crippen LogP contribution in [0.2, 0.25) is 0 Å². The SMILES string of the molecule is C1CCCN(CC2(CNC3CC3)CCCC2)CC1. The maximum Gasteiger partial charge on any atom is 0.00684 e. The first-order valence-corrected chi connectivity index (χ1v) is 8.32. The van der Waals surface area contributed by atoms with Crippen molar-refractivity contribution in [3.05, 3.63) is 0 Å². The molecule has 0 aromatic heterocycles. The number of hydrogen-bond donors (Lipinski definition) is 1. The average molecular weight is 250 g/mol. The molecule has 2 saturated carbocycles. The second-order valence-electron chi connectivity index (χ2n) is 7.05. The van der Waals surface area contributed by atoms with Crippen LogP contribution in [0, 0.1) is 5.41 Å². The Kier molecular flexibility index (Phi) is 4.25. The Labute approximate surface area is 113 Å². The molecule has 1 saturated heterocycles. The summed E-state index contributed by atoms with van der Waals surface area (Å²) in [7, 11) is 0. The summed E-state index contributed by atoms with van der Waals surface area (Å²) in [6.07, 6.45) is 14.6. The molecule has 2 heteroatoms. The van der Waals surface area contributed by atoms with Gasteiger partial charge in [0.2, 0.25) is 0 Å². The van der Waals surface area contributed by atoms with E-state index in [4.69, 9.17) is 0 Å². The third kappa shape index (κ3) is 3.48. The van der Waals surface area contributed by atoms with Gasteiger partial charge in [0.15, 0.2) is 0 Å². The first-order chi connectivity index (χ1) is 8.86. The van der Waals surface area contributed by atoms with Gasteiger partial charge in [-0.2, -0.15) is 0 Å². The van der Waals surface area contributed by atoms with E-state index in [2.05, 4.69) is 10.2 Å². The van der Waals surface area contributed by atoms with Gasteiger partial charge in [0.1, 0.15) is 0 Å². The fourth-order valence-corrected chi connectivity index (χ4v) is 3.93. The smallest absolute Gasteiger partial charge is 0.00684 e. The number of nitrogens with zero attached hydrogens (tertiary/aromatic N) is 1. The Bertz CT molecular complexity index is 246. The normalized spacial score (nSPS) is 29.3. The quantitative estimate of drug-likeness (QED) is 0.806. The molecule has 0 bridgehead atoms. The Balaban J connectivity index is 1.53. The van der Waals surface area contributed by atoms with E-state index in [-0.39, 0.29) is 0 Å². The molecule has 2 nitrogen and oxygen atoms in total. The fraction of sp³-hybridized carbons (Fsp3) is 1.00. The van der Waals surface area contributed by atoms with Crippen LogP contribution in [0.25, 0.3) is 0 Å². The summed E-state index contributed by atoms with van der Waals surface area (Å²) < 4.78 is 0. The molecule has 0 unspecified atom stereocenters. The van der Waals surface area contributed by atoms with Crippen molar-refractivity contribution in [1.29, 1.82) is 0 Å². The van der Waals surface area contributed by atoms with Crippen molar-refractivity contribution >= 4 is 0 Å². The maximum absolute atomic E-state index is 3.82. The summed E-state index contributed by atoms with van der Waals surface area (Å²) in [5, 5.41) is 3.82. The summed E-state index contributed by atoms with van der Waals surface area (Å²) in [6, 6.07) is 0.881. The van der Waals surface area contributed by atoms with Gasteiger partial charge in [-0.05, 0) is 57.0 Å². The molecule has 3 rings (SSSR count). The van der Waals surface area contributed by atoms with E-state index in [0.29, 0.717) is 5.41 Å². The van der Waals surface area contributed by atoms with E-state index in [1.807, 2.05) is 0 Å². The third-order valence-electron chi connectivity index (χ3n) is 5.27. The summed E-state index contributed by atoms with van der Waals surface area (Å²) >= 11 is 0. The lowest BCUT2D eigenvalue weighted by Crippen LogP contribution is -2.43. The van der Waals surface area contributed by atoms with Gasteiger partial charge in [0, 0.05) is 19.1 Å². The molecule has 18 heavy (non-hydrogen) atoms. The van der Waals surface area contributed by atoms with Gasteiger partial charge < -0.3 is 10.2 Å². The molecule has 1 aliphatic heterocycles. The number of nitrogens with one attached hydrogen (secondary N) is 1. The Morgan fingerprint density at radius 1 is 0.889 bits per heavy atom. The van der Waals surface area contributed by atoms with Crippen LogP contribution >= 0.6 is 0 Å². The van der Waals surface area contributed by atoms with Crippen LogP contribution in [0.4, 0.5) is 0 Å². The second-order valence-corrected chi connectivity index (χ2v) is 7.05. The van der Waals surface area contributed by atoms with Gasteiger partial charge in [-0.15, -0.1) is 0 Å². The fourth-order valence-electron chi connectivity index (χ4n) is 3.93. The van der Waals surface area contributed by atoms with Crippen molar-refractivity contribution in [2.75, 3.05) is 26.2 Å². The molecule has 1 N–H and O–H groups in total. The molecule has 0 amide bonds. The molecule has 104 valence electrons. The summed E-state index contributed by atoms with van der Waals surface area (Å²) in [6.45, 7) is 5.41. The van der Waals surface area contributed by atoms with Crippen molar-refractivity contribution < 1.29 is 0 Å². The molecule has 0 aromatic carbocycles. The number of likely N-dealkylation sites (tertiary alicyclic amines) is 1. The molecule has 0 aromatic rings. The summed E-state index contributed by atoms with van der Waals surface area (Å²) in [5.74, 6) is 0. The Morgan fingerprint density at radius 3 is 2.17 bits per heavy atom. The lowest BCUT2D eigenvalue weighted by Gasteiger charge is -2.35. The van der Waals surface area contributed by atoms with E-state index in [1.54, 1.807) is 0 Å². The molecule has 1 heterocycles. The minimum atomic E-state index is 0.632. The van der Waals surface area contributed by atoms with Crippen molar-refractivity contribution in [1.82, 2.24) is 10.2 Å². The van der Waals surface area contributed by atoms with E-state index < -0.39 is 0 Å². The topological polar surface area (TPSA) is 15.3 Å². The largest absolute Gasteiger partial charge is 0.313 e. The highest BCUT2D eigenvalue weighted by molar-refractivity contribution is 4.92. The van der Waals surface area contributed by atoms with Crippen molar-refractivity contribution in [3.63, 3.8) is 0 Å². The zero-order valence-electron chi connectivity index (χ0n) is 11.9. The lowest BCUT2D eigenvalue weighted by molar-refractivity contribution is 0.152. The van der Waals surface area contributed by atoms with Crippen LogP contribution in [0.3, 0.4) is 0 Å². The van der Waals surface area contributed by atoms with Crippen molar-refractivity contribution in [2.45, 2.75) is 70.3 Å². The monoisotopic (exact) mass is 250 g/mol. The Hall–Kier alpha value is -0.0800. The Morgan fingerprint density at radius 2 is 1.56 bits per heavy atom. The predicted molar refractivity (Wildman–Crippen MR) is 76.8 cm³/mol. The number of hydrogen-bond acceptors (Lipinski definition) is 2. The third-order valence-corrected chi connectivity index (χ3v) is 5.27. The lowest BCUT2D eigenvalue weighted by atomic mass is 9.85. The standard InChI is InChI=1S/C16H30N2/c1-2-6-12-18(11-5-1)14-16(9-3-4-10-16)13-17-15-7-8-15/h15,17H,1-14H2. The first kappa shape index (κ1) is 12.9. The van der Waals surface area contributed by atoms with Crippen molar-refractivity contribution in [2.24, 2.45) is 5.41 Å². The zero-order chi connectivity index (χ0) is 12.3. The molecule has 0 spiro atoms. The van der Waals surface area contributed by atoms with Gasteiger partial charge >= 0.3 is 0 Å². The van der Waals surface area contributed by atoms with E-state index >= 15 is 0 Å². The van der Waals surface area contributed by atoms with Gasteiger partial charge in [0.25, 0.3) is 0 Å². The van der Waals surface area contributed by atoms with Crippen LogP contribution in [0.5, 0.6) is 0 Å². The van der Waals surface area contributed by atoms with Crippen LogP contribution in [0.1, 0.15) is 64.2 Å². The van der Waals surface area contributed by atoms with E-state index in [9.17, 15) is 0 Å². The zero-order valence-corrected chi connectivity index (χ0v) is 11.9. The van der Waals surface area contributed by atoms with Gasteiger partial charge in [-0.1, -0.05) is 25.7 Å². The minimum absolute atomic E-state index is 0.632. The van der Waals surface area contributed by atoms with Crippen LogP contribution < -0.4 is 5.32 Å². The highest BCUT2D eigenvalue weighted by Crippen LogP contribution is 2.39. The second kappa shape index (κ2) is 5.92. The van der Waals surface area contributed by atoms with Crippen LogP contribution in [-0.2, 0) is 0 Å². The highest BCUT2D eigenvalue weighted by atomic mass is 15.1. The highest BCUT2D eigenvalue weighted by Gasteiger charge is 2.36.